The van der Waals surface area contributed by atoms with Crippen molar-refractivity contribution in [3.8, 4) is 0 Å². The van der Waals surface area contributed by atoms with Crippen LogP contribution in [0.1, 0.15) is 10.4 Å². The number of methoxy groups -OCH3 is 1. The summed E-state index contributed by atoms with van der Waals surface area (Å²) >= 11 is 7.25. The van der Waals surface area contributed by atoms with Crippen LogP contribution in [0.2, 0.25) is 4.47 Å². The number of rotatable bonds is 6. The molecule has 21 heavy (non-hydrogen) atoms. The molecule has 0 atom stereocenters. The van der Waals surface area contributed by atoms with Gasteiger partial charge in [-0.3, -0.25) is 4.79 Å². The van der Waals surface area contributed by atoms with Crippen LogP contribution >= 0.6 is 22.9 Å². The normalized spacial score (nSPS) is 10.4. The molecule has 1 amide bonds. The van der Waals surface area contributed by atoms with Gasteiger partial charge in [0.05, 0.1) is 6.54 Å². The van der Waals surface area contributed by atoms with Gasteiger partial charge < -0.3 is 15.4 Å². The number of carbonyl (C=O) groups excluding carboxylic acids is 1. The quantitative estimate of drug-likeness (QED) is 0.855. The first-order chi connectivity index (χ1) is 10.1. The van der Waals surface area contributed by atoms with Crippen LogP contribution in [-0.4, -0.2) is 24.6 Å². The number of benzene rings is 1. The van der Waals surface area contributed by atoms with Crippen molar-refractivity contribution in [2.24, 2.45) is 0 Å². The second kappa shape index (κ2) is 7.40. The Morgan fingerprint density at radius 2 is 2.29 bits per heavy atom. The largest absolute Gasteiger partial charge is 0.380 e. The van der Waals surface area contributed by atoms with Crippen LogP contribution in [-0.2, 0) is 16.1 Å². The molecule has 112 valence electrons. The van der Waals surface area contributed by atoms with Crippen molar-refractivity contribution in [3.63, 3.8) is 0 Å². The number of hydrogen-bond acceptors (Lipinski definition) is 5. The molecule has 1 heterocycles. The van der Waals surface area contributed by atoms with Crippen molar-refractivity contribution in [2.75, 3.05) is 24.4 Å². The van der Waals surface area contributed by atoms with Crippen LogP contribution in [0, 0.1) is 6.92 Å². The molecule has 0 aliphatic rings. The number of nitrogens with one attached hydrogen (secondary N) is 2. The van der Waals surface area contributed by atoms with Gasteiger partial charge in [-0.05, 0) is 24.6 Å². The molecule has 0 spiro atoms. The Hall–Kier alpha value is -1.63. The standard InChI is InChI=1S/C14H16ClN3O2S/c1-9-3-4-10(18-13(19)8-20-2)5-12(9)16-6-11-7-17-14(15)21-11/h3-5,7,16H,6,8H2,1-2H3,(H,18,19). The van der Waals surface area contributed by atoms with Crippen LogP contribution in [0.4, 0.5) is 11.4 Å². The van der Waals surface area contributed by atoms with E-state index < -0.39 is 0 Å². The lowest BCUT2D eigenvalue weighted by atomic mass is 10.1. The molecule has 0 unspecified atom stereocenters. The van der Waals surface area contributed by atoms with E-state index in [9.17, 15) is 4.79 Å². The molecule has 5 nitrogen and oxygen atoms in total. The Morgan fingerprint density at radius 3 is 2.95 bits per heavy atom. The smallest absolute Gasteiger partial charge is 0.250 e. The van der Waals surface area contributed by atoms with Gasteiger partial charge >= 0.3 is 0 Å². The maximum atomic E-state index is 11.5. The molecule has 0 aliphatic heterocycles. The maximum absolute atomic E-state index is 11.5. The highest BCUT2D eigenvalue weighted by atomic mass is 35.5. The van der Waals surface area contributed by atoms with Crippen molar-refractivity contribution in [2.45, 2.75) is 13.5 Å². The maximum Gasteiger partial charge on any atom is 0.250 e. The van der Waals surface area contributed by atoms with Crippen molar-refractivity contribution in [1.82, 2.24) is 4.98 Å². The van der Waals surface area contributed by atoms with Gasteiger partial charge in [-0.1, -0.05) is 17.7 Å². The molecule has 0 saturated heterocycles. The average molecular weight is 326 g/mol. The molecule has 0 fully saturated rings. The highest BCUT2D eigenvalue weighted by Crippen LogP contribution is 2.23. The molecule has 2 rings (SSSR count). The molecule has 0 radical (unpaired) electrons. The zero-order valence-corrected chi connectivity index (χ0v) is 13.3. The summed E-state index contributed by atoms with van der Waals surface area (Å²) in [4.78, 5) is 16.6. The third kappa shape index (κ3) is 4.70. The molecule has 1 aromatic carbocycles. The Kier molecular flexibility index (Phi) is 5.55. The van der Waals surface area contributed by atoms with Crippen molar-refractivity contribution in [1.29, 1.82) is 0 Å². The first-order valence-corrected chi connectivity index (χ1v) is 7.51. The number of carbonyl (C=O) groups is 1. The van der Waals surface area contributed by atoms with E-state index in [1.807, 2.05) is 25.1 Å². The SMILES string of the molecule is COCC(=O)Nc1ccc(C)c(NCc2cnc(Cl)s2)c1. The second-order valence-corrected chi connectivity index (χ2v) is 6.14. The van der Waals surface area contributed by atoms with Gasteiger partial charge in [0.25, 0.3) is 0 Å². The van der Waals surface area contributed by atoms with E-state index in [-0.39, 0.29) is 12.5 Å². The predicted octanol–water partition coefficient (Wildman–Crippen LogP) is 3.30. The summed E-state index contributed by atoms with van der Waals surface area (Å²) in [6.45, 7) is 2.68. The number of halogens is 1. The molecular weight excluding hydrogens is 310 g/mol. The van der Waals surface area contributed by atoms with Gasteiger partial charge in [0, 0.05) is 29.6 Å². The van der Waals surface area contributed by atoms with Gasteiger partial charge in [-0.2, -0.15) is 0 Å². The molecule has 1 aromatic heterocycles. The first-order valence-electron chi connectivity index (χ1n) is 6.32. The van der Waals surface area contributed by atoms with Gasteiger partial charge in [-0.15, -0.1) is 11.3 Å². The van der Waals surface area contributed by atoms with E-state index >= 15 is 0 Å². The topological polar surface area (TPSA) is 63.2 Å². The van der Waals surface area contributed by atoms with Crippen molar-refractivity contribution in [3.05, 3.63) is 39.3 Å². The molecule has 0 saturated carbocycles. The summed E-state index contributed by atoms with van der Waals surface area (Å²) in [7, 11) is 1.49. The van der Waals surface area contributed by atoms with Gasteiger partial charge in [0.1, 0.15) is 6.61 Å². The number of aromatic nitrogens is 1. The fraction of sp³-hybridized carbons (Fsp3) is 0.286. The van der Waals surface area contributed by atoms with E-state index in [4.69, 9.17) is 16.3 Å². The van der Waals surface area contributed by atoms with Crippen molar-refractivity contribution < 1.29 is 9.53 Å². The van der Waals surface area contributed by atoms with Gasteiger partial charge in [0.2, 0.25) is 5.91 Å². The van der Waals surface area contributed by atoms with Crippen LogP contribution in [0.3, 0.4) is 0 Å². The van der Waals surface area contributed by atoms with Crippen LogP contribution in [0.15, 0.2) is 24.4 Å². The Morgan fingerprint density at radius 1 is 1.48 bits per heavy atom. The summed E-state index contributed by atoms with van der Waals surface area (Å²) in [5.74, 6) is -0.179. The Bertz CT molecular complexity index is 630. The number of ether oxygens (including phenoxy) is 1. The Labute approximate surface area is 132 Å². The fourth-order valence-electron chi connectivity index (χ4n) is 1.77. The van der Waals surface area contributed by atoms with Crippen LogP contribution in [0.25, 0.3) is 0 Å². The van der Waals surface area contributed by atoms with E-state index in [1.54, 1.807) is 6.20 Å². The predicted molar refractivity (Wildman–Crippen MR) is 86.1 cm³/mol. The number of amides is 1. The number of aryl methyl sites for hydroxylation is 1. The number of hydrogen-bond donors (Lipinski definition) is 2. The second-order valence-electron chi connectivity index (χ2n) is 4.44. The monoisotopic (exact) mass is 325 g/mol. The van der Waals surface area contributed by atoms with E-state index in [0.29, 0.717) is 11.0 Å². The highest BCUT2D eigenvalue weighted by molar-refractivity contribution is 7.15. The third-order valence-electron chi connectivity index (χ3n) is 2.78. The van der Waals surface area contributed by atoms with Crippen LogP contribution in [0.5, 0.6) is 0 Å². The minimum Gasteiger partial charge on any atom is -0.380 e. The lowest BCUT2D eigenvalue weighted by Gasteiger charge is -2.11. The molecule has 7 heteroatoms. The van der Waals surface area contributed by atoms with Crippen LogP contribution < -0.4 is 10.6 Å². The summed E-state index contributed by atoms with van der Waals surface area (Å²) in [5, 5.41) is 6.10. The lowest BCUT2D eigenvalue weighted by molar-refractivity contribution is -0.119. The van der Waals surface area contributed by atoms with E-state index in [0.717, 1.165) is 21.8 Å². The lowest BCUT2D eigenvalue weighted by Crippen LogP contribution is -2.17. The molecule has 0 bridgehead atoms. The molecule has 0 aliphatic carbocycles. The fourth-order valence-corrected chi connectivity index (χ4v) is 2.68. The number of thiazole rings is 1. The van der Waals surface area contributed by atoms with E-state index in [2.05, 4.69) is 15.6 Å². The molecule has 2 N–H and O–H groups in total. The highest BCUT2D eigenvalue weighted by Gasteiger charge is 2.05. The zero-order valence-electron chi connectivity index (χ0n) is 11.8. The van der Waals surface area contributed by atoms with Gasteiger partial charge in [-0.25, -0.2) is 4.98 Å². The molecular formula is C14H16ClN3O2S. The summed E-state index contributed by atoms with van der Waals surface area (Å²) in [6.07, 6.45) is 1.75. The zero-order chi connectivity index (χ0) is 15.2. The van der Waals surface area contributed by atoms with E-state index in [1.165, 1.54) is 18.4 Å². The minimum atomic E-state index is -0.179. The third-order valence-corrected chi connectivity index (χ3v) is 3.89. The molecule has 2 aromatic rings. The first kappa shape index (κ1) is 15.8. The summed E-state index contributed by atoms with van der Waals surface area (Å²) in [5.41, 5.74) is 2.78. The van der Waals surface area contributed by atoms with Crippen molar-refractivity contribution >= 4 is 40.2 Å². The summed E-state index contributed by atoms with van der Waals surface area (Å²) < 4.78 is 5.32. The average Bonchev–Trinajstić information content (AvgIpc) is 2.85. The number of nitrogens with zero attached hydrogens (tertiary/aromatic N) is 1. The number of anilines is 2. The summed E-state index contributed by atoms with van der Waals surface area (Å²) in [6, 6.07) is 5.70. The minimum absolute atomic E-state index is 0.0377. The Balaban J connectivity index is 2.03. The van der Waals surface area contributed by atoms with Gasteiger partial charge in [0.15, 0.2) is 4.47 Å².